The van der Waals surface area contributed by atoms with E-state index in [0.29, 0.717) is 29.8 Å². The van der Waals surface area contributed by atoms with Gasteiger partial charge in [0.05, 0.1) is 19.9 Å². The predicted octanol–water partition coefficient (Wildman–Crippen LogP) is 4.35. The van der Waals surface area contributed by atoms with Crippen LogP contribution in [-0.4, -0.2) is 24.0 Å². The highest BCUT2D eigenvalue weighted by atomic mass is 16.5. The Morgan fingerprint density at radius 2 is 1.92 bits per heavy atom. The number of ether oxygens (including phenoxy) is 1. The van der Waals surface area contributed by atoms with E-state index in [-0.39, 0.29) is 5.97 Å². The van der Waals surface area contributed by atoms with Gasteiger partial charge in [-0.1, -0.05) is 38.1 Å². The fourth-order valence-corrected chi connectivity index (χ4v) is 2.94. The van der Waals surface area contributed by atoms with Crippen LogP contribution in [-0.2, 0) is 17.8 Å². The molecule has 0 bridgehead atoms. The Kier molecular flexibility index (Phi) is 5.05. The standard InChI is InChI=1S/C20H25NO3/c1-14(2)16-6-4-15(5-7-16)12-21(17-8-9-17)13-19-18(10-11-24-19)20(22)23-3/h4-7,10-11,14,17H,8-9,12-13H2,1-3H3. The van der Waals surface area contributed by atoms with Crippen LogP contribution >= 0.6 is 0 Å². The van der Waals surface area contributed by atoms with Crippen LogP contribution in [0.3, 0.4) is 0 Å². The minimum absolute atomic E-state index is 0.337. The summed E-state index contributed by atoms with van der Waals surface area (Å²) in [6.07, 6.45) is 3.97. The summed E-state index contributed by atoms with van der Waals surface area (Å²) in [5.41, 5.74) is 3.17. The van der Waals surface area contributed by atoms with Gasteiger partial charge in [0, 0.05) is 12.6 Å². The van der Waals surface area contributed by atoms with Crippen molar-refractivity contribution in [3.8, 4) is 0 Å². The van der Waals surface area contributed by atoms with Gasteiger partial charge >= 0.3 is 5.97 Å². The second kappa shape index (κ2) is 7.22. The van der Waals surface area contributed by atoms with Gasteiger partial charge in [-0.2, -0.15) is 0 Å². The zero-order chi connectivity index (χ0) is 17.1. The average molecular weight is 327 g/mol. The molecular formula is C20H25NO3. The van der Waals surface area contributed by atoms with Gasteiger partial charge in [0.25, 0.3) is 0 Å². The van der Waals surface area contributed by atoms with Crippen LogP contribution in [0.4, 0.5) is 0 Å². The molecule has 24 heavy (non-hydrogen) atoms. The molecule has 128 valence electrons. The molecule has 0 amide bonds. The SMILES string of the molecule is COC(=O)c1ccoc1CN(Cc1ccc(C(C)C)cc1)C1CC1. The van der Waals surface area contributed by atoms with Gasteiger partial charge < -0.3 is 9.15 Å². The number of furan rings is 1. The Morgan fingerprint density at radius 1 is 1.21 bits per heavy atom. The quantitative estimate of drug-likeness (QED) is 0.709. The molecule has 4 heteroatoms. The van der Waals surface area contributed by atoms with Crippen LogP contribution < -0.4 is 0 Å². The molecule has 1 aromatic heterocycles. The molecule has 0 spiro atoms. The highest BCUT2D eigenvalue weighted by molar-refractivity contribution is 5.90. The van der Waals surface area contributed by atoms with Gasteiger partial charge in [0.1, 0.15) is 11.3 Å². The monoisotopic (exact) mass is 327 g/mol. The van der Waals surface area contributed by atoms with Crippen molar-refractivity contribution in [3.63, 3.8) is 0 Å². The van der Waals surface area contributed by atoms with Gasteiger partial charge in [-0.05, 0) is 36.0 Å². The smallest absolute Gasteiger partial charge is 0.341 e. The Balaban J connectivity index is 1.72. The third kappa shape index (κ3) is 3.88. The summed E-state index contributed by atoms with van der Waals surface area (Å²) in [5.74, 6) is 0.896. The van der Waals surface area contributed by atoms with Crippen molar-refractivity contribution in [2.24, 2.45) is 0 Å². The lowest BCUT2D eigenvalue weighted by atomic mass is 10.0. The van der Waals surface area contributed by atoms with Crippen molar-refractivity contribution in [2.45, 2.75) is 51.7 Å². The molecule has 0 saturated heterocycles. The summed E-state index contributed by atoms with van der Waals surface area (Å²) in [4.78, 5) is 14.2. The molecule has 4 nitrogen and oxygen atoms in total. The predicted molar refractivity (Wildman–Crippen MR) is 92.8 cm³/mol. The average Bonchev–Trinajstić information content (AvgIpc) is 3.33. The van der Waals surface area contributed by atoms with E-state index in [2.05, 4.69) is 43.0 Å². The van der Waals surface area contributed by atoms with E-state index in [4.69, 9.17) is 9.15 Å². The van der Waals surface area contributed by atoms with Crippen LogP contribution in [0, 0.1) is 0 Å². The molecule has 1 aromatic carbocycles. The van der Waals surface area contributed by atoms with Gasteiger partial charge in [-0.25, -0.2) is 4.79 Å². The number of hydrogen-bond acceptors (Lipinski definition) is 4. The molecule has 1 aliphatic rings. The minimum Gasteiger partial charge on any atom is -0.467 e. The number of hydrogen-bond donors (Lipinski definition) is 0. The van der Waals surface area contributed by atoms with Gasteiger partial charge in [-0.3, -0.25) is 4.90 Å². The second-order valence-corrected chi connectivity index (χ2v) is 6.78. The zero-order valence-electron chi connectivity index (χ0n) is 14.6. The first-order chi connectivity index (χ1) is 11.6. The summed E-state index contributed by atoms with van der Waals surface area (Å²) >= 11 is 0. The maximum atomic E-state index is 11.8. The van der Waals surface area contributed by atoms with Crippen molar-refractivity contribution in [2.75, 3.05) is 7.11 Å². The Morgan fingerprint density at radius 3 is 2.50 bits per heavy atom. The summed E-state index contributed by atoms with van der Waals surface area (Å²) in [5, 5.41) is 0. The van der Waals surface area contributed by atoms with Crippen LogP contribution in [0.1, 0.15) is 59.9 Å². The van der Waals surface area contributed by atoms with E-state index in [0.717, 1.165) is 6.54 Å². The third-order valence-electron chi connectivity index (χ3n) is 4.59. The molecule has 1 aliphatic carbocycles. The summed E-state index contributed by atoms with van der Waals surface area (Å²) < 4.78 is 10.4. The van der Waals surface area contributed by atoms with Crippen molar-refractivity contribution < 1.29 is 13.9 Å². The number of nitrogens with zero attached hydrogens (tertiary/aromatic N) is 1. The second-order valence-electron chi connectivity index (χ2n) is 6.78. The summed E-state index contributed by atoms with van der Waals surface area (Å²) in [7, 11) is 1.40. The van der Waals surface area contributed by atoms with Crippen molar-refractivity contribution in [1.29, 1.82) is 0 Å². The van der Waals surface area contributed by atoms with E-state index < -0.39 is 0 Å². The van der Waals surface area contributed by atoms with Gasteiger partial charge in [-0.15, -0.1) is 0 Å². The molecule has 3 rings (SSSR count). The van der Waals surface area contributed by atoms with E-state index >= 15 is 0 Å². The fraction of sp³-hybridized carbons (Fsp3) is 0.450. The Hall–Kier alpha value is -2.07. The lowest BCUT2D eigenvalue weighted by molar-refractivity contribution is 0.0596. The molecule has 0 aliphatic heterocycles. The maximum Gasteiger partial charge on any atom is 0.341 e. The molecular weight excluding hydrogens is 302 g/mol. The molecule has 2 aromatic rings. The number of esters is 1. The molecule has 0 N–H and O–H groups in total. The topological polar surface area (TPSA) is 42.7 Å². The van der Waals surface area contributed by atoms with Crippen LogP contribution in [0.25, 0.3) is 0 Å². The van der Waals surface area contributed by atoms with Crippen LogP contribution in [0.5, 0.6) is 0 Å². The van der Waals surface area contributed by atoms with Gasteiger partial charge in [0.15, 0.2) is 0 Å². The lowest BCUT2D eigenvalue weighted by Gasteiger charge is -2.21. The van der Waals surface area contributed by atoms with Crippen molar-refractivity contribution in [3.05, 3.63) is 59.0 Å². The van der Waals surface area contributed by atoms with Crippen LogP contribution in [0.2, 0.25) is 0 Å². The molecule has 1 fully saturated rings. The van der Waals surface area contributed by atoms with E-state index in [1.54, 1.807) is 12.3 Å². The summed E-state index contributed by atoms with van der Waals surface area (Å²) in [6.45, 7) is 5.91. The Labute approximate surface area is 143 Å². The van der Waals surface area contributed by atoms with Crippen LogP contribution in [0.15, 0.2) is 41.0 Å². The van der Waals surface area contributed by atoms with Crippen molar-refractivity contribution >= 4 is 5.97 Å². The first-order valence-electron chi connectivity index (χ1n) is 8.56. The first-order valence-corrected chi connectivity index (χ1v) is 8.56. The number of carbonyl (C=O) groups excluding carboxylic acids is 1. The third-order valence-corrected chi connectivity index (χ3v) is 4.59. The molecule has 1 heterocycles. The number of carbonyl (C=O) groups is 1. The Bertz CT molecular complexity index is 683. The highest BCUT2D eigenvalue weighted by Crippen LogP contribution is 2.31. The number of rotatable bonds is 7. The number of benzene rings is 1. The molecule has 0 radical (unpaired) electrons. The summed E-state index contributed by atoms with van der Waals surface area (Å²) in [6, 6.07) is 11.1. The molecule has 0 atom stereocenters. The zero-order valence-corrected chi connectivity index (χ0v) is 14.6. The number of methoxy groups -OCH3 is 1. The highest BCUT2D eigenvalue weighted by Gasteiger charge is 2.30. The van der Waals surface area contributed by atoms with E-state index in [1.807, 2.05) is 0 Å². The van der Waals surface area contributed by atoms with Crippen molar-refractivity contribution in [1.82, 2.24) is 4.90 Å². The molecule has 0 unspecified atom stereocenters. The normalized spacial score (nSPS) is 14.4. The fourth-order valence-electron chi connectivity index (χ4n) is 2.94. The minimum atomic E-state index is -0.337. The van der Waals surface area contributed by atoms with E-state index in [1.165, 1.54) is 31.1 Å². The maximum absolute atomic E-state index is 11.8. The lowest BCUT2D eigenvalue weighted by Crippen LogP contribution is -2.25. The van der Waals surface area contributed by atoms with Gasteiger partial charge in [0.2, 0.25) is 0 Å². The van der Waals surface area contributed by atoms with E-state index in [9.17, 15) is 4.79 Å². The molecule has 1 saturated carbocycles. The first kappa shape index (κ1) is 16.8. The largest absolute Gasteiger partial charge is 0.467 e.